The molecule has 136 valence electrons. The first-order valence-corrected chi connectivity index (χ1v) is 8.14. The topological polar surface area (TPSA) is 49.4 Å². The molecule has 0 saturated carbocycles. The molecule has 0 aromatic heterocycles. The number of nitrogens with one attached hydrogen (secondary N) is 1. The third-order valence-corrected chi connectivity index (χ3v) is 4.31. The van der Waals surface area contributed by atoms with Crippen LogP contribution in [0.3, 0.4) is 0 Å². The van der Waals surface area contributed by atoms with E-state index in [1.165, 1.54) is 18.2 Å². The number of hydrogen-bond acceptors (Lipinski definition) is 2. The van der Waals surface area contributed by atoms with Crippen molar-refractivity contribution in [2.45, 2.75) is 19.1 Å². The van der Waals surface area contributed by atoms with E-state index in [-0.39, 0.29) is 24.6 Å². The molecule has 1 saturated heterocycles. The minimum atomic E-state index is -4.56. The second-order valence-corrected chi connectivity index (χ2v) is 6.12. The molecule has 7 heteroatoms. The van der Waals surface area contributed by atoms with Crippen molar-refractivity contribution < 1.29 is 22.8 Å². The number of rotatable bonds is 4. The van der Waals surface area contributed by atoms with Crippen LogP contribution in [0.2, 0.25) is 0 Å². The van der Waals surface area contributed by atoms with Gasteiger partial charge in [-0.15, -0.1) is 0 Å². The number of nitrogens with zero attached hydrogens (tertiary/aromatic N) is 1. The van der Waals surface area contributed by atoms with Crippen LogP contribution in [0.5, 0.6) is 0 Å². The van der Waals surface area contributed by atoms with Gasteiger partial charge in [-0.2, -0.15) is 13.2 Å². The van der Waals surface area contributed by atoms with E-state index in [1.807, 2.05) is 30.3 Å². The summed E-state index contributed by atoms with van der Waals surface area (Å²) in [6, 6.07) is 14.2. The first-order valence-electron chi connectivity index (χ1n) is 8.14. The highest BCUT2D eigenvalue weighted by atomic mass is 19.4. The van der Waals surface area contributed by atoms with Crippen molar-refractivity contribution in [2.75, 3.05) is 11.4 Å². The first kappa shape index (κ1) is 18.0. The molecule has 1 fully saturated rings. The number of halogens is 3. The molecule has 1 aliphatic heterocycles. The summed E-state index contributed by atoms with van der Waals surface area (Å²) < 4.78 is 39.5. The molecule has 1 atom stereocenters. The van der Waals surface area contributed by atoms with Crippen molar-refractivity contribution >= 4 is 17.5 Å². The van der Waals surface area contributed by atoms with E-state index >= 15 is 0 Å². The van der Waals surface area contributed by atoms with Gasteiger partial charge in [0.1, 0.15) is 0 Å². The lowest BCUT2D eigenvalue weighted by Gasteiger charge is -2.21. The average Bonchev–Trinajstić information content (AvgIpc) is 3.01. The molecule has 1 N–H and O–H groups in total. The standard InChI is InChI=1S/C19H17F3N2O2/c20-19(21,22)15-8-4-5-9-16(15)24-12-14(10-17(24)25)18(26)23-11-13-6-2-1-3-7-13/h1-9,14H,10-12H2,(H,23,26). The van der Waals surface area contributed by atoms with E-state index < -0.39 is 23.6 Å². The van der Waals surface area contributed by atoms with Crippen LogP contribution < -0.4 is 10.2 Å². The monoisotopic (exact) mass is 362 g/mol. The van der Waals surface area contributed by atoms with Crippen LogP contribution in [0, 0.1) is 5.92 Å². The number of hydrogen-bond donors (Lipinski definition) is 1. The smallest absolute Gasteiger partial charge is 0.352 e. The van der Waals surface area contributed by atoms with Crippen molar-refractivity contribution in [3.63, 3.8) is 0 Å². The summed E-state index contributed by atoms with van der Waals surface area (Å²) in [7, 11) is 0. The number of carbonyl (C=O) groups is 2. The van der Waals surface area contributed by atoms with Crippen LogP contribution in [0.1, 0.15) is 17.5 Å². The van der Waals surface area contributed by atoms with E-state index in [0.29, 0.717) is 6.54 Å². The van der Waals surface area contributed by atoms with E-state index in [0.717, 1.165) is 16.5 Å². The van der Waals surface area contributed by atoms with Crippen LogP contribution in [-0.4, -0.2) is 18.4 Å². The Labute approximate surface area is 148 Å². The van der Waals surface area contributed by atoms with Crippen molar-refractivity contribution in [3.8, 4) is 0 Å². The predicted octanol–water partition coefficient (Wildman–Crippen LogP) is 3.37. The maximum atomic E-state index is 13.2. The van der Waals surface area contributed by atoms with E-state index in [2.05, 4.69) is 5.32 Å². The zero-order valence-electron chi connectivity index (χ0n) is 13.8. The van der Waals surface area contributed by atoms with E-state index in [4.69, 9.17) is 0 Å². The van der Waals surface area contributed by atoms with Gasteiger partial charge >= 0.3 is 6.18 Å². The summed E-state index contributed by atoms with van der Waals surface area (Å²) in [6.07, 6.45) is -4.67. The Hall–Kier alpha value is -2.83. The summed E-state index contributed by atoms with van der Waals surface area (Å²) in [5.41, 5.74) is -0.175. The fraction of sp³-hybridized carbons (Fsp3) is 0.263. The minimum Gasteiger partial charge on any atom is -0.352 e. The Morgan fingerprint density at radius 1 is 1.08 bits per heavy atom. The molecule has 0 bridgehead atoms. The zero-order chi connectivity index (χ0) is 18.7. The molecule has 2 aromatic rings. The number of para-hydroxylation sites is 1. The molecular formula is C19H17F3N2O2. The molecule has 4 nitrogen and oxygen atoms in total. The van der Waals surface area contributed by atoms with Crippen LogP contribution >= 0.6 is 0 Å². The maximum absolute atomic E-state index is 13.2. The summed E-state index contributed by atoms with van der Waals surface area (Å²) in [5.74, 6) is -1.50. The second kappa shape index (κ2) is 7.19. The van der Waals surface area contributed by atoms with Gasteiger partial charge in [0.15, 0.2) is 0 Å². The lowest BCUT2D eigenvalue weighted by atomic mass is 10.1. The molecule has 3 rings (SSSR count). The molecule has 0 radical (unpaired) electrons. The minimum absolute atomic E-state index is 0.0629. The van der Waals surface area contributed by atoms with Gasteiger partial charge in [0.25, 0.3) is 0 Å². The van der Waals surface area contributed by atoms with Crippen molar-refractivity contribution in [1.29, 1.82) is 0 Å². The Balaban J connectivity index is 1.70. The average molecular weight is 362 g/mol. The number of carbonyl (C=O) groups excluding carboxylic acids is 2. The van der Waals surface area contributed by atoms with Gasteiger partial charge < -0.3 is 10.2 Å². The Kier molecular flexibility index (Phi) is 4.97. The zero-order valence-corrected chi connectivity index (χ0v) is 13.8. The molecule has 26 heavy (non-hydrogen) atoms. The third kappa shape index (κ3) is 3.87. The summed E-state index contributed by atoms with van der Waals surface area (Å²) in [5, 5.41) is 2.74. The Bertz CT molecular complexity index is 806. The molecule has 1 unspecified atom stereocenters. The second-order valence-electron chi connectivity index (χ2n) is 6.12. The highest BCUT2D eigenvalue weighted by Gasteiger charge is 2.40. The fourth-order valence-corrected chi connectivity index (χ4v) is 2.99. The van der Waals surface area contributed by atoms with Crippen LogP contribution in [-0.2, 0) is 22.3 Å². The third-order valence-electron chi connectivity index (χ3n) is 4.31. The number of alkyl halides is 3. The predicted molar refractivity (Wildman–Crippen MR) is 90.2 cm³/mol. The highest BCUT2D eigenvalue weighted by Crippen LogP contribution is 2.38. The summed E-state index contributed by atoms with van der Waals surface area (Å²) in [4.78, 5) is 25.6. The normalized spacial score (nSPS) is 17.4. The number of amides is 2. The van der Waals surface area contributed by atoms with E-state index in [9.17, 15) is 22.8 Å². The fourth-order valence-electron chi connectivity index (χ4n) is 2.99. The van der Waals surface area contributed by atoms with Gasteiger partial charge in [0.05, 0.1) is 17.2 Å². The largest absolute Gasteiger partial charge is 0.418 e. The van der Waals surface area contributed by atoms with Gasteiger partial charge in [0, 0.05) is 19.5 Å². The lowest BCUT2D eigenvalue weighted by molar-refractivity contribution is -0.137. The molecular weight excluding hydrogens is 345 g/mol. The van der Waals surface area contributed by atoms with Crippen LogP contribution in [0.4, 0.5) is 18.9 Å². The number of anilines is 1. The van der Waals surface area contributed by atoms with Gasteiger partial charge in [0.2, 0.25) is 11.8 Å². The molecule has 2 amide bonds. The van der Waals surface area contributed by atoms with E-state index in [1.54, 1.807) is 0 Å². The number of benzene rings is 2. The van der Waals surface area contributed by atoms with Crippen molar-refractivity contribution in [3.05, 3.63) is 65.7 Å². The van der Waals surface area contributed by atoms with Crippen molar-refractivity contribution in [1.82, 2.24) is 5.32 Å². The maximum Gasteiger partial charge on any atom is 0.418 e. The van der Waals surface area contributed by atoms with Crippen LogP contribution in [0.15, 0.2) is 54.6 Å². The summed E-state index contributed by atoms with van der Waals surface area (Å²) >= 11 is 0. The molecule has 0 spiro atoms. The highest BCUT2D eigenvalue weighted by molar-refractivity contribution is 6.00. The molecule has 1 aliphatic rings. The first-order chi connectivity index (χ1) is 12.4. The molecule has 1 heterocycles. The van der Waals surface area contributed by atoms with Gasteiger partial charge in [-0.25, -0.2) is 0 Å². The Morgan fingerprint density at radius 3 is 2.42 bits per heavy atom. The van der Waals surface area contributed by atoms with Crippen LogP contribution in [0.25, 0.3) is 0 Å². The lowest BCUT2D eigenvalue weighted by Crippen LogP contribution is -2.33. The quantitative estimate of drug-likeness (QED) is 0.907. The Morgan fingerprint density at radius 2 is 1.73 bits per heavy atom. The molecule has 0 aliphatic carbocycles. The summed E-state index contributed by atoms with van der Waals surface area (Å²) in [6.45, 7) is 0.246. The molecule has 2 aromatic carbocycles. The van der Waals surface area contributed by atoms with Gasteiger partial charge in [-0.3, -0.25) is 9.59 Å². The van der Waals surface area contributed by atoms with Gasteiger partial charge in [-0.05, 0) is 17.7 Å². The van der Waals surface area contributed by atoms with Crippen molar-refractivity contribution in [2.24, 2.45) is 5.92 Å². The SMILES string of the molecule is O=C(NCc1ccccc1)C1CC(=O)N(c2ccccc2C(F)(F)F)C1. The van der Waals surface area contributed by atoms with Gasteiger partial charge in [-0.1, -0.05) is 42.5 Å².